The molecule has 0 atom stereocenters. The number of hydrogen-bond donors (Lipinski definition) is 0. The summed E-state index contributed by atoms with van der Waals surface area (Å²) in [6.45, 7) is 5.48. The summed E-state index contributed by atoms with van der Waals surface area (Å²) >= 11 is 0. The Morgan fingerprint density at radius 2 is 2.33 bits per heavy atom. The van der Waals surface area contributed by atoms with Gasteiger partial charge in [0.25, 0.3) is 0 Å². The van der Waals surface area contributed by atoms with Crippen molar-refractivity contribution in [3.8, 4) is 0 Å². The van der Waals surface area contributed by atoms with E-state index in [1.54, 1.807) is 6.07 Å². The molecular formula is C10H11NO. The minimum absolute atomic E-state index is 0.694. The third kappa shape index (κ3) is 1.59. The molecule has 2 heteroatoms. The highest BCUT2D eigenvalue weighted by Crippen LogP contribution is 2.19. The Balaban J connectivity index is 3.18. The molecule has 0 aliphatic rings. The predicted molar refractivity (Wildman–Crippen MR) is 50.4 cm³/mol. The van der Waals surface area contributed by atoms with Crippen LogP contribution in [0.5, 0.6) is 0 Å². The van der Waals surface area contributed by atoms with Gasteiger partial charge in [-0.25, -0.2) is 0 Å². The maximum atomic E-state index is 10.4. The molecule has 0 saturated heterocycles. The number of carbonyl (C=O) groups excluding carboxylic acids is 1. The van der Waals surface area contributed by atoms with E-state index >= 15 is 0 Å². The molecule has 0 amide bonds. The summed E-state index contributed by atoms with van der Waals surface area (Å²) < 4.78 is 0. The third-order valence-corrected chi connectivity index (χ3v) is 1.79. The zero-order valence-electron chi connectivity index (χ0n) is 7.08. The summed E-state index contributed by atoms with van der Waals surface area (Å²) in [6, 6.07) is 5.41. The normalized spacial score (nSPS) is 9.42. The SMILES string of the molecule is C=Nc1ccc(C=O)cc1CC. The van der Waals surface area contributed by atoms with Gasteiger partial charge in [0, 0.05) is 5.56 Å². The first-order valence-corrected chi connectivity index (χ1v) is 3.86. The van der Waals surface area contributed by atoms with E-state index in [0.29, 0.717) is 5.56 Å². The second-order valence-corrected chi connectivity index (χ2v) is 2.52. The molecule has 0 heterocycles. The van der Waals surface area contributed by atoms with Gasteiger partial charge in [-0.05, 0) is 36.9 Å². The van der Waals surface area contributed by atoms with E-state index in [9.17, 15) is 4.79 Å². The molecule has 1 aromatic carbocycles. The van der Waals surface area contributed by atoms with Crippen LogP contribution in [0.3, 0.4) is 0 Å². The molecule has 0 fully saturated rings. The summed E-state index contributed by atoms with van der Waals surface area (Å²) in [4.78, 5) is 14.3. The summed E-state index contributed by atoms with van der Waals surface area (Å²) in [5.74, 6) is 0. The monoisotopic (exact) mass is 161 g/mol. The van der Waals surface area contributed by atoms with E-state index < -0.39 is 0 Å². The molecule has 1 rings (SSSR count). The lowest BCUT2D eigenvalue weighted by molar-refractivity contribution is 0.112. The van der Waals surface area contributed by atoms with Crippen LogP contribution in [0, 0.1) is 0 Å². The summed E-state index contributed by atoms with van der Waals surface area (Å²) in [5.41, 5.74) is 2.62. The van der Waals surface area contributed by atoms with E-state index in [0.717, 1.165) is 24.0 Å². The third-order valence-electron chi connectivity index (χ3n) is 1.79. The number of nitrogens with zero attached hydrogens (tertiary/aromatic N) is 1. The molecule has 0 saturated carbocycles. The number of aldehydes is 1. The molecule has 0 aliphatic carbocycles. The van der Waals surface area contributed by atoms with Crippen LogP contribution in [0.15, 0.2) is 23.2 Å². The van der Waals surface area contributed by atoms with Gasteiger partial charge in [0.2, 0.25) is 0 Å². The van der Waals surface area contributed by atoms with Crippen LogP contribution in [0.2, 0.25) is 0 Å². The number of hydrogen-bond acceptors (Lipinski definition) is 2. The van der Waals surface area contributed by atoms with Crippen LogP contribution in [-0.4, -0.2) is 13.0 Å². The topological polar surface area (TPSA) is 29.4 Å². The van der Waals surface area contributed by atoms with Crippen molar-refractivity contribution in [2.75, 3.05) is 0 Å². The zero-order valence-corrected chi connectivity index (χ0v) is 7.08. The molecule has 2 nitrogen and oxygen atoms in total. The molecule has 0 spiro atoms. The van der Waals surface area contributed by atoms with Crippen LogP contribution in [0.1, 0.15) is 22.8 Å². The Morgan fingerprint density at radius 3 is 2.83 bits per heavy atom. The van der Waals surface area contributed by atoms with Crippen molar-refractivity contribution in [2.24, 2.45) is 4.99 Å². The Kier molecular flexibility index (Phi) is 2.75. The molecule has 1 aromatic rings. The fraction of sp³-hybridized carbons (Fsp3) is 0.200. The van der Waals surface area contributed by atoms with Gasteiger partial charge in [0.15, 0.2) is 0 Å². The molecular weight excluding hydrogens is 150 g/mol. The van der Waals surface area contributed by atoms with Crippen LogP contribution in [-0.2, 0) is 6.42 Å². The summed E-state index contributed by atoms with van der Waals surface area (Å²) in [7, 11) is 0. The van der Waals surface area contributed by atoms with Gasteiger partial charge in [-0.2, -0.15) is 0 Å². The predicted octanol–water partition coefficient (Wildman–Crippen LogP) is 2.39. The van der Waals surface area contributed by atoms with Crippen molar-refractivity contribution in [3.05, 3.63) is 29.3 Å². The van der Waals surface area contributed by atoms with Crippen LogP contribution < -0.4 is 0 Å². The lowest BCUT2D eigenvalue weighted by atomic mass is 10.1. The van der Waals surface area contributed by atoms with Gasteiger partial charge in [0.1, 0.15) is 6.29 Å². The van der Waals surface area contributed by atoms with Crippen LogP contribution in [0.4, 0.5) is 5.69 Å². The highest BCUT2D eigenvalue weighted by molar-refractivity contribution is 5.76. The van der Waals surface area contributed by atoms with E-state index in [2.05, 4.69) is 11.7 Å². The van der Waals surface area contributed by atoms with Gasteiger partial charge < -0.3 is 0 Å². The van der Waals surface area contributed by atoms with Gasteiger partial charge in [-0.1, -0.05) is 6.92 Å². The first-order valence-electron chi connectivity index (χ1n) is 3.86. The Hall–Kier alpha value is -1.44. The highest BCUT2D eigenvalue weighted by Gasteiger charge is 1.98. The number of aryl methyl sites for hydroxylation is 1. The number of rotatable bonds is 3. The first kappa shape index (κ1) is 8.65. The molecule has 12 heavy (non-hydrogen) atoms. The van der Waals surface area contributed by atoms with E-state index in [4.69, 9.17) is 0 Å². The number of benzene rings is 1. The van der Waals surface area contributed by atoms with E-state index in [1.165, 1.54) is 0 Å². The zero-order chi connectivity index (χ0) is 8.97. The van der Waals surface area contributed by atoms with Gasteiger partial charge in [-0.15, -0.1) is 0 Å². The van der Waals surface area contributed by atoms with Crippen molar-refractivity contribution < 1.29 is 4.79 Å². The number of carbonyl (C=O) groups is 1. The maximum Gasteiger partial charge on any atom is 0.150 e. The molecule has 0 N–H and O–H groups in total. The van der Waals surface area contributed by atoms with Crippen molar-refractivity contribution in [1.29, 1.82) is 0 Å². The average molecular weight is 161 g/mol. The van der Waals surface area contributed by atoms with E-state index in [-0.39, 0.29) is 0 Å². The fourth-order valence-corrected chi connectivity index (χ4v) is 1.12. The fourth-order valence-electron chi connectivity index (χ4n) is 1.12. The van der Waals surface area contributed by atoms with Crippen molar-refractivity contribution in [1.82, 2.24) is 0 Å². The summed E-state index contributed by atoms with van der Waals surface area (Å²) in [6.07, 6.45) is 1.71. The Morgan fingerprint density at radius 1 is 1.58 bits per heavy atom. The maximum absolute atomic E-state index is 10.4. The Bertz CT molecular complexity index is 305. The molecule has 62 valence electrons. The highest BCUT2D eigenvalue weighted by atomic mass is 16.1. The largest absolute Gasteiger partial charge is 0.298 e. The van der Waals surface area contributed by atoms with Gasteiger partial charge >= 0.3 is 0 Å². The lowest BCUT2D eigenvalue weighted by Crippen LogP contribution is -1.85. The summed E-state index contributed by atoms with van der Waals surface area (Å²) in [5, 5.41) is 0. The average Bonchev–Trinajstić information content (AvgIpc) is 2.16. The standard InChI is InChI=1S/C10H11NO/c1-3-9-6-8(7-12)4-5-10(9)11-2/h4-7H,2-3H2,1H3. The number of aliphatic imine (C=N–C) groups is 1. The quantitative estimate of drug-likeness (QED) is 0.494. The first-order chi connectivity index (χ1) is 5.81. The van der Waals surface area contributed by atoms with Crippen molar-refractivity contribution in [3.63, 3.8) is 0 Å². The van der Waals surface area contributed by atoms with E-state index in [1.807, 2.05) is 19.1 Å². The van der Waals surface area contributed by atoms with Gasteiger partial charge in [0.05, 0.1) is 5.69 Å². The second kappa shape index (κ2) is 3.81. The molecule has 0 radical (unpaired) electrons. The molecule has 0 aliphatic heterocycles. The van der Waals surface area contributed by atoms with Crippen LogP contribution in [0.25, 0.3) is 0 Å². The van der Waals surface area contributed by atoms with Crippen molar-refractivity contribution >= 4 is 18.7 Å². The second-order valence-electron chi connectivity index (χ2n) is 2.52. The minimum Gasteiger partial charge on any atom is -0.298 e. The minimum atomic E-state index is 0.694. The van der Waals surface area contributed by atoms with Crippen molar-refractivity contribution in [2.45, 2.75) is 13.3 Å². The molecule has 0 bridgehead atoms. The van der Waals surface area contributed by atoms with Gasteiger partial charge in [-0.3, -0.25) is 9.79 Å². The molecule has 0 aromatic heterocycles. The smallest absolute Gasteiger partial charge is 0.150 e. The Labute approximate surface area is 71.9 Å². The lowest BCUT2D eigenvalue weighted by Gasteiger charge is -2.01. The van der Waals surface area contributed by atoms with Crippen LogP contribution >= 0.6 is 0 Å². The molecule has 0 unspecified atom stereocenters.